The Morgan fingerprint density at radius 2 is 2.42 bits per heavy atom. The molecule has 12 heavy (non-hydrogen) atoms. The van der Waals surface area contributed by atoms with Gasteiger partial charge in [0.05, 0.1) is 0 Å². The van der Waals surface area contributed by atoms with Crippen molar-refractivity contribution in [1.82, 2.24) is 30.4 Å². The minimum atomic E-state index is 0.705. The lowest BCUT2D eigenvalue weighted by Crippen LogP contribution is -1.93. The fourth-order valence-corrected chi connectivity index (χ4v) is 1.42. The van der Waals surface area contributed by atoms with Gasteiger partial charge in [-0.25, -0.2) is 0 Å². The van der Waals surface area contributed by atoms with E-state index in [1.54, 1.807) is 0 Å². The maximum absolute atomic E-state index is 3.94. The SMILES string of the molecule is CCc1nnc(-n2cnnn2)s1. The Bertz CT molecular complexity index is 352. The fraction of sp³-hybridized carbons (Fsp3) is 0.400. The molecule has 2 aromatic rings. The van der Waals surface area contributed by atoms with Gasteiger partial charge in [0.15, 0.2) is 0 Å². The van der Waals surface area contributed by atoms with Crippen LogP contribution in [0, 0.1) is 0 Å². The van der Waals surface area contributed by atoms with E-state index in [9.17, 15) is 0 Å². The highest BCUT2D eigenvalue weighted by Gasteiger charge is 2.04. The Labute approximate surface area is 72.2 Å². The first kappa shape index (κ1) is 7.29. The zero-order valence-corrected chi connectivity index (χ0v) is 7.19. The average molecular weight is 182 g/mol. The third-order valence-corrected chi connectivity index (χ3v) is 2.36. The molecule has 2 aromatic heterocycles. The zero-order chi connectivity index (χ0) is 8.39. The first-order chi connectivity index (χ1) is 5.90. The van der Waals surface area contributed by atoms with E-state index in [1.165, 1.54) is 22.3 Å². The van der Waals surface area contributed by atoms with Crippen LogP contribution in [0.4, 0.5) is 0 Å². The number of nitrogens with zero attached hydrogens (tertiary/aromatic N) is 6. The number of rotatable bonds is 2. The van der Waals surface area contributed by atoms with Crippen LogP contribution in [0.1, 0.15) is 11.9 Å². The summed E-state index contributed by atoms with van der Waals surface area (Å²) in [6.07, 6.45) is 2.39. The van der Waals surface area contributed by atoms with E-state index in [0.717, 1.165) is 11.4 Å². The van der Waals surface area contributed by atoms with Gasteiger partial charge in [0.2, 0.25) is 5.13 Å². The van der Waals surface area contributed by atoms with Gasteiger partial charge in [-0.3, -0.25) is 0 Å². The molecule has 0 aliphatic heterocycles. The molecule has 2 heterocycles. The van der Waals surface area contributed by atoms with E-state index >= 15 is 0 Å². The van der Waals surface area contributed by atoms with Gasteiger partial charge in [-0.05, 0) is 16.8 Å². The van der Waals surface area contributed by atoms with E-state index in [4.69, 9.17) is 0 Å². The largest absolute Gasteiger partial charge is 0.235 e. The van der Waals surface area contributed by atoms with Gasteiger partial charge >= 0.3 is 0 Å². The number of hydrogen-bond acceptors (Lipinski definition) is 6. The van der Waals surface area contributed by atoms with E-state index in [1.807, 2.05) is 6.92 Å². The second-order valence-electron chi connectivity index (χ2n) is 2.09. The Hall–Kier alpha value is -1.37. The summed E-state index contributed by atoms with van der Waals surface area (Å²) in [6, 6.07) is 0. The molecule has 0 aliphatic carbocycles. The van der Waals surface area contributed by atoms with Crippen molar-refractivity contribution < 1.29 is 0 Å². The normalized spacial score (nSPS) is 10.4. The third-order valence-electron chi connectivity index (χ3n) is 1.30. The molecule has 2 rings (SSSR count). The summed E-state index contributed by atoms with van der Waals surface area (Å²) < 4.78 is 1.50. The highest BCUT2D eigenvalue weighted by molar-refractivity contribution is 7.13. The molecule has 0 saturated heterocycles. The molecule has 62 valence electrons. The van der Waals surface area contributed by atoms with Crippen LogP contribution in [0.25, 0.3) is 5.13 Å². The number of aromatic nitrogens is 6. The van der Waals surface area contributed by atoms with Crippen LogP contribution in [0.2, 0.25) is 0 Å². The van der Waals surface area contributed by atoms with Gasteiger partial charge < -0.3 is 0 Å². The van der Waals surface area contributed by atoms with Gasteiger partial charge in [-0.15, -0.1) is 15.3 Å². The van der Waals surface area contributed by atoms with Crippen LogP contribution in [0.15, 0.2) is 6.33 Å². The maximum atomic E-state index is 3.94. The fourth-order valence-electron chi connectivity index (χ4n) is 0.729. The van der Waals surface area contributed by atoms with Crippen LogP contribution in [0.5, 0.6) is 0 Å². The maximum Gasteiger partial charge on any atom is 0.235 e. The second kappa shape index (κ2) is 2.94. The molecule has 0 aliphatic rings. The molecule has 0 spiro atoms. The monoisotopic (exact) mass is 182 g/mol. The van der Waals surface area contributed by atoms with Crippen molar-refractivity contribution in [2.24, 2.45) is 0 Å². The molecule has 0 fully saturated rings. The van der Waals surface area contributed by atoms with Gasteiger partial charge in [0, 0.05) is 0 Å². The summed E-state index contributed by atoms with van der Waals surface area (Å²) in [5.41, 5.74) is 0. The smallest absolute Gasteiger partial charge is 0.171 e. The quantitative estimate of drug-likeness (QED) is 0.657. The molecule has 0 bridgehead atoms. The molecular formula is C5H6N6S. The predicted molar refractivity (Wildman–Crippen MR) is 42.0 cm³/mol. The Balaban J connectivity index is 2.35. The van der Waals surface area contributed by atoms with Crippen molar-refractivity contribution >= 4 is 11.3 Å². The number of aryl methyl sites for hydroxylation is 1. The average Bonchev–Trinajstić information content (AvgIpc) is 2.75. The van der Waals surface area contributed by atoms with E-state index in [0.29, 0.717) is 5.13 Å². The number of tetrazole rings is 1. The summed E-state index contributed by atoms with van der Waals surface area (Å²) >= 11 is 1.49. The second-order valence-corrected chi connectivity index (χ2v) is 3.13. The van der Waals surface area contributed by atoms with E-state index in [2.05, 4.69) is 25.7 Å². The summed E-state index contributed by atoms with van der Waals surface area (Å²) in [4.78, 5) is 0. The molecule has 0 unspecified atom stereocenters. The van der Waals surface area contributed by atoms with Crippen molar-refractivity contribution in [1.29, 1.82) is 0 Å². The topological polar surface area (TPSA) is 69.4 Å². The third kappa shape index (κ3) is 1.18. The zero-order valence-electron chi connectivity index (χ0n) is 6.38. The molecule has 0 amide bonds. The molecule has 0 aromatic carbocycles. The Morgan fingerprint density at radius 1 is 1.50 bits per heavy atom. The van der Waals surface area contributed by atoms with Crippen molar-refractivity contribution in [2.75, 3.05) is 0 Å². The Morgan fingerprint density at radius 3 is 3.00 bits per heavy atom. The molecule has 0 N–H and O–H groups in total. The van der Waals surface area contributed by atoms with Crippen LogP contribution >= 0.6 is 11.3 Å². The lowest BCUT2D eigenvalue weighted by molar-refractivity contribution is 0.772. The molecule has 6 nitrogen and oxygen atoms in total. The van der Waals surface area contributed by atoms with Crippen molar-refractivity contribution in [3.8, 4) is 5.13 Å². The summed E-state index contributed by atoms with van der Waals surface area (Å²) in [5.74, 6) is 0. The minimum absolute atomic E-state index is 0.705. The number of hydrogen-bond donors (Lipinski definition) is 0. The van der Waals surface area contributed by atoms with Crippen molar-refractivity contribution in [3.05, 3.63) is 11.3 Å². The predicted octanol–water partition coefficient (Wildman–Crippen LogP) is 0.0762. The van der Waals surface area contributed by atoms with Crippen LogP contribution in [-0.2, 0) is 6.42 Å². The first-order valence-corrected chi connectivity index (χ1v) is 4.27. The van der Waals surface area contributed by atoms with Gasteiger partial charge in [-0.2, -0.15) is 4.68 Å². The van der Waals surface area contributed by atoms with Gasteiger partial charge in [-0.1, -0.05) is 18.3 Å². The van der Waals surface area contributed by atoms with Crippen LogP contribution in [-0.4, -0.2) is 30.4 Å². The molecular weight excluding hydrogens is 176 g/mol. The van der Waals surface area contributed by atoms with E-state index in [-0.39, 0.29) is 0 Å². The van der Waals surface area contributed by atoms with Crippen LogP contribution < -0.4 is 0 Å². The van der Waals surface area contributed by atoms with Gasteiger partial charge in [0.25, 0.3) is 0 Å². The van der Waals surface area contributed by atoms with Crippen molar-refractivity contribution in [2.45, 2.75) is 13.3 Å². The lowest BCUT2D eigenvalue weighted by Gasteiger charge is -1.85. The van der Waals surface area contributed by atoms with Gasteiger partial charge in [0.1, 0.15) is 11.3 Å². The first-order valence-electron chi connectivity index (χ1n) is 3.46. The highest BCUT2D eigenvalue weighted by Crippen LogP contribution is 2.12. The highest BCUT2D eigenvalue weighted by atomic mass is 32.1. The molecule has 0 saturated carbocycles. The molecule has 0 radical (unpaired) electrons. The summed E-state index contributed by atoms with van der Waals surface area (Å²) in [7, 11) is 0. The molecule has 7 heteroatoms. The van der Waals surface area contributed by atoms with Crippen molar-refractivity contribution in [3.63, 3.8) is 0 Å². The van der Waals surface area contributed by atoms with Crippen LogP contribution in [0.3, 0.4) is 0 Å². The summed E-state index contributed by atoms with van der Waals surface area (Å²) in [5, 5.41) is 20.3. The standard InChI is InChI=1S/C5H6N6S/c1-2-4-7-8-5(12-4)11-3-6-9-10-11/h3H,2H2,1H3. The van der Waals surface area contributed by atoms with E-state index < -0.39 is 0 Å². The molecule has 0 atom stereocenters. The lowest BCUT2D eigenvalue weighted by atomic mass is 10.5. The Kier molecular flexibility index (Phi) is 1.78. The minimum Gasteiger partial charge on any atom is -0.171 e. The summed E-state index contributed by atoms with van der Waals surface area (Å²) in [6.45, 7) is 2.03.